The summed E-state index contributed by atoms with van der Waals surface area (Å²) in [5, 5.41) is 2.92. The second-order valence-corrected chi connectivity index (χ2v) is 8.12. The number of carbonyl (C=O) groups is 1. The molecule has 31 heavy (non-hydrogen) atoms. The molecule has 158 valence electrons. The fraction of sp³-hybridized carbons (Fsp3) is 0.231. The molecular weight excluding hydrogens is 388 g/mol. The number of ether oxygens (including phenoxy) is 1. The van der Waals surface area contributed by atoms with E-state index in [1.807, 2.05) is 44.2 Å². The Morgan fingerprint density at radius 3 is 2.29 bits per heavy atom. The number of nitrogens with zero attached hydrogens (tertiary/aromatic N) is 1. The molecule has 0 saturated carbocycles. The lowest BCUT2D eigenvalue weighted by molar-refractivity contribution is 0.102. The third kappa shape index (κ3) is 4.77. The van der Waals surface area contributed by atoms with Gasteiger partial charge < -0.3 is 14.5 Å². The van der Waals surface area contributed by atoms with Gasteiger partial charge in [-0.25, -0.2) is 4.98 Å². The summed E-state index contributed by atoms with van der Waals surface area (Å²) in [7, 11) is 0. The topological polar surface area (TPSA) is 64.4 Å². The van der Waals surface area contributed by atoms with Crippen LogP contribution in [0.15, 0.2) is 71.1 Å². The molecule has 1 N–H and O–H groups in total. The van der Waals surface area contributed by atoms with Gasteiger partial charge in [0.15, 0.2) is 5.58 Å². The normalized spacial score (nSPS) is 11.3. The number of rotatable bonds is 6. The summed E-state index contributed by atoms with van der Waals surface area (Å²) in [5.74, 6) is 1.59. The Hall–Kier alpha value is -3.60. The molecule has 0 aliphatic carbocycles. The number of hydrogen-bond donors (Lipinski definition) is 1. The van der Waals surface area contributed by atoms with Crippen molar-refractivity contribution >= 4 is 22.7 Å². The minimum absolute atomic E-state index is 0.0897. The Morgan fingerprint density at radius 2 is 1.65 bits per heavy atom. The summed E-state index contributed by atoms with van der Waals surface area (Å²) in [5.41, 5.74) is 4.79. The summed E-state index contributed by atoms with van der Waals surface area (Å²) in [4.78, 5) is 17.2. The largest absolute Gasteiger partial charge is 0.491 e. The van der Waals surface area contributed by atoms with E-state index in [0.717, 1.165) is 11.3 Å². The molecule has 0 aliphatic heterocycles. The quantitative estimate of drug-likeness (QED) is 0.383. The Balaban J connectivity index is 1.50. The summed E-state index contributed by atoms with van der Waals surface area (Å²) < 4.78 is 11.5. The molecule has 0 atom stereocenters. The molecule has 3 aromatic carbocycles. The lowest BCUT2D eigenvalue weighted by atomic mass is 10.0. The van der Waals surface area contributed by atoms with Crippen LogP contribution in [0.1, 0.15) is 49.5 Å². The van der Waals surface area contributed by atoms with Crippen molar-refractivity contribution in [3.63, 3.8) is 0 Å². The average Bonchev–Trinajstić information content (AvgIpc) is 3.17. The van der Waals surface area contributed by atoms with Gasteiger partial charge in [-0.15, -0.1) is 0 Å². The zero-order valence-electron chi connectivity index (χ0n) is 18.2. The molecule has 5 heteroatoms. The van der Waals surface area contributed by atoms with Crippen molar-refractivity contribution in [1.82, 2.24) is 4.98 Å². The Morgan fingerprint density at radius 1 is 0.935 bits per heavy atom. The van der Waals surface area contributed by atoms with E-state index in [2.05, 4.69) is 36.3 Å². The van der Waals surface area contributed by atoms with Gasteiger partial charge in [-0.1, -0.05) is 26.0 Å². The molecule has 5 nitrogen and oxygen atoms in total. The summed E-state index contributed by atoms with van der Waals surface area (Å²) in [6, 6.07) is 20.8. The second-order valence-electron chi connectivity index (χ2n) is 8.12. The van der Waals surface area contributed by atoms with Gasteiger partial charge in [-0.3, -0.25) is 4.79 Å². The zero-order chi connectivity index (χ0) is 22.0. The Kier molecular flexibility index (Phi) is 5.76. The molecule has 0 radical (unpaired) electrons. The maximum absolute atomic E-state index is 12.6. The van der Waals surface area contributed by atoms with Crippen LogP contribution in [0.4, 0.5) is 5.69 Å². The molecule has 0 spiro atoms. The number of fused-ring (bicyclic) bond motifs is 1. The minimum Gasteiger partial charge on any atom is -0.491 e. The molecule has 0 unspecified atom stereocenters. The Labute approximate surface area is 182 Å². The highest BCUT2D eigenvalue weighted by Gasteiger charge is 2.12. The first-order chi connectivity index (χ1) is 14.9. The second kappa shape index (κ2) is 8.64. The van der Waals surface area contributed by atoms with Crippen LogP contribution in [0.5, 0.6) is 5.75 Å². The van der Waals surface area contributed by atoms with Crippen molar-refractivity contribution < 1.29 is 13.9 Å². The van der Waals surface area contributed by atoms with Crippen LogP contribution in [-0.4, -0.2) is 17.0 Å². The molecule has 0 saturated heterocycles. The predicted octanol–water partition coefficient (Wildman–Crippen LogP) is 6.66. The molecule has 4 aromatic rings. The number of anilines is 1. The number of hydrogen-bond acceptors (Lipinski definition) is 4. The first kappa shape index (κ1) is 20.7. The van der Waals surface area contributed by atoms with Crippen molar-refractivity contribution in [1.29, 1.82) is 0 Å². The molecule has 0 aliphatic rings. The smallest absolute Gasteiger partial charge is 0.255 e. The average molecular weight is 415 g/mol. The lowest BCUT2D eigenvalue weighted by Gasteiger charge is -2.10. The molecule has 1 aromatic heterocycles. The maximum Gasteiger partial charge on any atom is 0.255 e. The van der Waals surface area contributed by atoms with Crippen molar-refractivity contribution in [2.24, 2.45) is 0 Å². The molecule has 0 fully saturated rings. The van der Waals surface area contributed by atoms with E-state index in [-0.39, 0.29) is 12.0 Å². The predicted molar refractivity (Wildman–Crippen MR) is 124 cm³/mol. The fourth-order valence-electron chi connectivity index (χ4n) is 3.30. The van der Waals surface area contributed by atoms with Gasteiger partial charge in [-0.05, 0) is 79.9 Å². The fourth-order valence-corrected chi connectivity index (χ4v) is 3.30. The van der Waals surface area contributed by atoms with Crippen molar-refractivity contribution in [2.45, 2.75) is 39.7 Å². The summed E-state index contributed by atoms with van der Waals surface area (Å²) in [6.07, 6.45) is 0.0897. The van der Waals surface area contributed by atoms with Crippen molar-refractivity contribution in [3.05, 3.63) is 77.9 Å². The van der Waals surface area contributed by atoms with Crippen LogP contribution in [-0.2, 0) is 0 Å². The van der Waals surface area contributed by atoms with Crippen LogP contribution in [0.3, 0.4) is 0 Å². The SMILES string of the molecule is CC(C)Oc1ccc(C(=O)Nc2ccc3oc(-c4ccc(C(C)C)cc4)nc3c2)cc1. The van der Waals surface area contributed by atoms with Crippen LogP contribution in [0.2, 0.25) is 0 Å². The first-order valence-corrected chi connectivity index (χ1v) is 10.5. The monoisotopic (exact) mass is 414 g/mol. The summed E-state index contributed by atoms with van der Waals surface area (Å²) in [6.45, 7) is 8.26. The van der Waals surface area contributed by atoms with Crippen LogP contribution in [0, 0.1) is 0 Å². The third-order valence-electron chi connectivity index (χ3n) is 4.96. The van der Waals surface area contributed by atoms with E-state index in [9.17, 15) is 4.79 Å². The molecule has 1 amide bonds. The van der Waals surface area contributed by atoms with Gasteiger partial charge in [0, 0.05) is 16.8 Å². The standard InChI is InChI=1S/C26H26N2O3/c1-16(2)18-5-7-20(8-6-18)26-28-23-15-21(11-14-24(23)31-26)27-25(29)19-9-12-22(13-10-19)30-17(3)4/h5-17H,1-4H3,(H,27,29). The van der Waals surface area contributed by atoms with Gasteiger partial charge in [-0.2, -0.15) is 0 Å². The van der Waals surface area contributed by atoms with E-state index in [4.69, 9.17) is 9.15 Å². The number of nitrogens with one attached hydrogen (secondary N) is 1. The number of aromatic nitrogens is 1. The van der Waals surface area contributed by atoms with Gasteiger partial charge in [0.1, 0.15) is 11.3 Å². The lowest BCUT2D eigenvalue weighted by Crippen LogP contribution is -2.12. The van der Waals surface area contributed by atoms with E-state index >= 15 is 0 Å². The Bertz CT molecular complexity index is 1190. The van der Waals surface area contributed by atoms with E-state index in [1.165, 1.54) is 5.56 Å². The van der Waals surface area contributed by atoms with Gasteiger partial charge in [0.2, 0.25) is 5.89 Å². The van der Waals surface area contributed by atoms with E-state index in [1.54, 1.807) is 24.3 Å². The zero-order valence-corrected chi connectivity index (χ0v) is 18.2. The van der Waals surface area contributed by atoms with Crippen LogP contribution < -0.4 is 10.1 Å². The van der Waals surface area contributed by atoms with E-state index < -0.39 is 0 Å². The highest BCUT2D eigenvalue weighted by Crippen LogP contribution is 2.27. The number of oxazole rings is 1. The van der Waals surface area contributed by atoms with Gasteiger partial charge in [0.05, 0.1) is 6.10 Å². The highest BCUT2D eigenvalue weighted by molar-refractivity contribution is 6.05. The molecule has 4 rings (SSSR count). The highest BCUT2D eigenvalue weighted by atomic mass is 16.5. The third-order valence-corrected chi connectivity index (χ3v) is 4.96. The van der Waals surface area contributed by atoms with E-state index in [0.29, 0.717) is 34.2 Å². The summed E-state index contributed by atoms with van der Waals surface area (Å²) >= 11 is 0. The molecule has 0 bridgehead atoms. The first-order valence-electron chi connectivity index (χ1n) is 10.5. The minimum atomic E-state index is -0.191. The van der Waals surface area contributed by atoms with Crippen LogP contribution in [0.25, 0.3) is 22.6 Å². The van der Waals surface area contributed by atoms with Gasteiger partial charge >= 0.3 is 0 Å². The van der Waals surface area contributed by atoms with Crippen molar-refractivity contribution in [3.8, 4) is 17.2 Å². The number of amides is 1. The maximum atomic E-state index is 12.6. The van der Waals surface area contributed by atoms with Gasteiger partial charge in [0.25, 0.3) is 5.91 Å². The molecule has 1 heterocycles. The number of benzene rings is 3. The van der Waals surface area contributed by atoms with Crippen LogP contribution >= 0.6 is 0 Å². The number of carbonyl (C=O) groups excluding carboxylic acids is 1. The van der Waals surface area contributed by atoms with Crippen molar-refractivity contribution in [2.75, 3.05) is 5.32 Å². The molecular formula is C26H26N2O3.